The number of aromatic nitrogens is 1. The zero-order chi connectivity index (χ0) is 11.3. The van der Waals surface area contributed by atoms with Gasteiger partial charge in [-0.3, -0.25) is 0 Å². The molecule has 0 spiro atoms. The van der Waals surface area contributed by atoms with Crippen LogP contribution in [0.4, 0.5) is 0 Å². The van der Waals surface area contributed by atoms with Crippen LogP contribution in [0, 0.1) is 0 Å². The smallest absolute Gasteiger partial charge is 0.354 e. The van der Waals surface area contributed by atoms with Crippen LogP contribution in [0.3, 0.4) is 0 Å². The quantitative estimate of drug-likeness (QED) is 0.551. The summed E-state index contributed by atoms with van der Waals surface area (Å²) in [5, 5.41) is 0. The third-order valence-electron chi connectivity index (χ3n) is 2.28. The van der Waals surface area contributed by atoms with E-state index >= 15 is 0 Å². The van der Waals surface area contributed by atoms with Crippen LogP contribution in [-0.4, -0.2) is 17.1 Å². The van der Waals surface area contributed by atoms with Crippen LogP contribution in [0.2, 0.25) is 0 Å². The Morgan fingerprint density at radius 3 is 2.87 bits per heavy atom. The Bertz CT molecular complexity index is 315. The van der Waals surface area contributed by atoms with Crippen molar-refractivity contribution in [2.75, 3.05) is 6.61 Å². The summed E-state index contributed by atoms with van der Waals surface area (Å²) >= 11 is 0. The molecular formula is C12H19NO2. The predicted octanol–water partition coefficient (Wildman–Crippen LogP) is 3.03. The van der Waals surface area contributed by atoms with Crippen molar-refractivity contribution in [3.63, 3.8) is 0 Å². The molecule has 84 valence electrons. The lowest BCUT2D eigenvalue weighted by molar-refractivity contribution is 0.0485. The Balaban J connectivity index is 2.61. The third kappa shape index (κ3) is 3.11. The molecular weight excluding hydrogens is 190 g/mol. The zero-order valence-electron chi connectivity index (χ0n) is 9.69. The molecule has 0 aliphatic rings. The van der Waals surface area contributed by atoms with Gasteiger partial charge in [0.05, 0.1) is 6.61 Å². The topological polar surface area (TPSA) is 31.2 Å². The monoisotopic (exact) mass is 209 g/mol. The fraction of sp³-hybridized carbons (Fsp3) is 0.583. The van der Waals surface area contributed by atoms with Gasteiger partial charge in [-0.25, -0.2) is 4.79 Å². The first-order valence-corrected chi connectivity index (χ1v) is 5.50. The second kappa shape index (κ2) is 5.59. The lowest BCUT2D eigenvalue weighted by Gasteiger charge is -2.12. The molecule has 0 N–H and O–H groups in total. The van der Waals surface area contributed by atoms with E-state index in [9.17, 15) is 4.79 Å². The summed E-state index contributed by atoms with van der Waals surface area (Å²) in [5.41, 5.74) is 0.640. The Morgan fingerprint density at radius 2 is 2.27 bits per heavy atom. The summed E-state index contributed by atoms with van der Waals surface area (Å²) in [6, 6.07) is 3.96. The molecule has 0 unspecified atom stereocenters. The molecule has 15 heavy (non-hydrogen) atoms. The van der Waals surface area contributed by atoms with E-state index in [-0.39, 0.29) is 12.0 Å². The number of nitrogens with zero attached hydrogens (tertiary/aromatic N) is 1. The van der Waals surface area contributed by atoms with Gasteiger partial charge >= 0.3 is 5.97 Å². The Labute approximate surface area is 91.0 Å². The van der Waals surface area contributed by atoms with Crippen molar-refractivity contribution in [1.82, 2.24) is 4.57 Å². The van der Waals surface area contributed by atoms with Crippen molar-refractivity contribution >= 4 is 5.97 Å². The SMILES string of the molecule is CCCCOC(=O)c1cccn1C(C)C. The van der Waals surface area contributed by atoms with Crippen LogP contribution in [0.25, 0.3) is 0 Å². The molecule has 1 heterocycles. The number of carbonyl (C=O) groups excluding carboxylic acids is 1. The number of hydrogen-bond donors (Lipinski definition) is 0. The number of ether oxygens (including phenoxy) is 1. The van der Waals surface area contributed by atoms with E-state index in [2.05, 4.69) is 6.92 Å². The van der Waals surface area contributed by atoms with E-state index in [1.54, 1.807) is 6.07 Å². The molecule has 0 saturated carbocycles. The van der Waals surface area contributed by atoms with Gasteiger partial charge in [0.1, 0.15) is 5.69 Å². The van der Waals surface area contributed by atoms with Crippen LogP contribution in [0.5, 0.6) is 0 Å². The molecule has 0 radical (unpaired) electrons. The number of hydrogen-bond acceptors (Lipinski definition) is 2. The van der Waals surface area contributed by atoms with Gasteiger partial charge in [0.2, 0.25) is 0 Å². The van der Waals surface area contributed by atoms with Crippen LogP contribution >= 0.6 is 0 Å². The summed E-state index contributed by atoms with van der Waals surface area (Å²) in [4.78, 5) is 11.7. The largest absolute Gasteiger partial charge is 0.461 e. The van der Waals surface area contributed by atoms with E-state index in [0.717, 1.165) is 12.8 Å². The molecule has 0 aliphatic heterocycles. The van der Waals surface area contributed by atoms with Crippen LogP contribution < -0.4 is 0 Å². The van der Waals surface area contributed by atoms with Crippen molar-refractivity contribution in [3.8, 4) is 0 Å². The maximum atomic E-state index is 11.7. The molecule has 3 heteroatoms. The van der Waals surface area contributed by atoms with Crippen molar-refractivity contribution in [2.45, 2.75) is 39.7 Å². The Hall–Kier alpha value is -1.25. The molecule has 1 aromatic heterocycles. The Morgan fingerprint density at radius 1 is 1.53 bits per heavy atom. The molecule has 0 aliphatic carbocycles. The summed E-state index contributed by atoms with van der Waals surface area (Å²) in [6.07, 6.45) is 3.87. The van der Waals surface area contributed by atoms with E-state index < -0.39 is 0 Å². The highest BCUT2D eigenvalue weighted by Gasteiger charge is 2.13. The van der Waals surface area contributed by atoms with Gasteiger partial charge in [0.15, 0.2) is 0 Å². The predicted molar refractivity (Wildman–Crippen MR) is 60.0 cm³/mol. The Kier molecular flexibility index (Phi) is 4.40. The minimum Gasteiger partial charge on any atom is -0.461 e. The summed E-state index contributed by atoms with van der Waals surface area (Å²) < 4.78 is 7.08. The normalized spacial score (nSPS) is 10.7. The highest BCUT2D eigenvalue weighted by atomic mass is 16.5. The standard InChI is InChI=1S/C12H19NO2/c1-4-5-9-15-12(14)11-7-6-8-13(11)10(2)3/h6-8,10H,4-5,9H2,1-3H3. The highest BCUT2D eigenvalue weighted by molar-refractivity contribution is 5.87. The first kappa shape index (κ1) is 11.8. The minimum atomic E-state index is -0.220. The van der Waals surface area contributed by atoms with Gasteiger partial charge in [-0.15, -0.1) is 0 Å². The van der Waals surface area contributed by atoms with Gasteiger partial charge in [-0.05, 0) is 32.4 Å². The molecule has 3 nitrogen and oxygen atoms in total. The van der Waals surface area contributed by atoms with E-state index in [1.165, 1.54) is 0 Å². The van der Waals surface area contributed by atoms with Crippen molar-refractivity contribution in [2.24, 2.45) is 0 Å². The van der Waals surface area contributed by atoms with Crippen molar-refractivity contribution < 1.29 is 9.53 Å². The summed E-state index contributed by atoms with van der Waals surface area (Å²) in [6.45, 7) is 6.68. The van der Waals surface area contributed by atoms with Gasteiger partial charge in [-0.2, -0.15) is 0 Å². The van der Waals surface area contributed by atoms with Gasteiger partial charge < -0.3 is 9.30 Å². The lowest BCUT2D eigenvalue weighted by atomic mass is 10.3. The van der Waals surface area contributed by atoms with E-state index in [1.807, 2.05) is 30.7 Å². The van der Waals surface area contributed by atoms with E-state index in [0.29, 0.717) is 12.3 Å². The number of carbonyl (C=O) groups is 1. The second-order valence-corrected chi connectivity index (χ2v) is 3.88. The molecule has 1 rings (SSSR count). The molecule has 0 saturated heterocycles. The van der Waals surface area contributed by atoms with Gasteiger partial charge in [-0.1, -0.05) is 13.3 Å². The fourth-order valence-electron chi connectivity index (χ4n) is 1.40. The summed E-state index contributed by atoms with van der Waals surface area (Å²) in [7, 11) is 0. The van der Waals surface area contributed by atoms with Gasteiger partial charge in [0, 0.05) is 12.2 Å². The van der Waals surface area contributed by atoms with Gasteiger partial charge in [0.25, 0.3) is 0 Å². The number of rotatable bonds is 5. The van der Waals surface area contributed by atoms with Crippen LogP contribution in [-0.2, 0) is 4.74 Å². The maximum absolute atomic E-state index is 11.7. The number of unbranched alkanes of at least 4 members (excludes halogenated alkanes) is 1. The summed E-state index contributed by atoms with van der Waals surface area (Å²) in [5.74, 6) is -0.220. The maximum Gasteiger partial charge on any atom is 0.354 e. The number of esters is 1. The molecule has 0 aromatic carbocycles. The first-order chi connectivity index (χ1) is 7.16. The van der Waals surface area contributed by atoms with E-state index in [4.69, 9.17) is 4.74 Å². The molecule has 0 atom stereocenters. The van der Waals surface area contributed by atoms with Crippen molar-refractivity contribution in [3.05, 3.63) is 24.0 Å². The lowest BCUT2D eigenvalue weighted by Crippen LogP contribution is -2.13. The average Bonchev–Trinajstić information content (AvgIpc) is 2.66. The second-order valence-electron chi connectivity index (χ2n) is 3.88. The molecule has 0 bridgehead atoms. The highest BCUT2D eigenvalue weighted by Crippen LogP contribution is 2.11. The molecule has 0 amide bonds. The van der Waals surface area contributed by atoms with Crippen molar-refractivity contribution in [1.29, 1.82) is 0 Å². The fourth-order valence-corrected chi connectivity index (χ4v) is 1.40. The van der Waals surface area contributed by atoms with Crippen LogP contribution in [0.1, 0.15) is 50.1 Å². The minimum absolute atomic E-state index is 0.220. The molecule has 1 aromatic rings. The average molecular weight is 209 g/mol. The zero-order valence-corrected chi connectivity index (χ0v) is 9.69. The molecule has 0 fully saturated rings. The first-order valence-electron chi connectivity index (χ1n) is 5.50. The third-order valence-corrected chi connectivity index (χ3v) is 2.28. The van der Waals surface area contributed by atoms with Crippen LogP contribution in [0.15, 0.2) is 18.3 Å².